The summed E-state index contributed by atoms with van der Waals surface area (Å²) in [5.41, 5.74) is 4.69. The summed E-state index contributed by atoms with van der Waals surface area (Å²) in [5.74, 6) is -0.321. The Balaban J connectivity index is 3.00. The van der Waals surface area contributed by atoms with Gasteiger partial charge in [0.05, 0.1) is 5.02 Å². The van der Waals surface area contributed by atoms with Crippen LogP contribution in [-0.4, -0.2) is 5.11 Å². The summed E-state index contributed by atoms with van der Waals surface area (Å²) < 4.78 is 4.83. The molecule has 3 N–H and O–H groups in total. The van der Waals surface area contributed by atoms with E-state index >= 15 is 0 Å². The smallest absolute Gasteiger partial charge is 0.359 e. The molecule has 0 fully saturated rings. The number of rotatable bonds is 0. The average Bonchev–Trinajstić information content (AvgIpc) is 2.19. The SMILES string of the molecule is Nc1cc2cc(Cl)c(O)c(Cl)c2oc1=O. The number of benzene rings is 1. The largest absolute Gasteiger partial charge is 0.505 e. The average molecular weight is 246 g/mol. The van der Waals surface area contributed by atoms with Gasteiger partial charge in [-0.05, 0) is 12.1 Å². The van der Waals surface area contributed by atoms with Crippen LogP contribution in [0.2, 0.25) is 10.0 Å². The fourth-order valence-corrected chi connectivity index (χ4v) is 1.71. The first-order valence-electron chi connectivity index (χ1n) is 3.91. The van der Waals surface area contributed by atoms with E-state index in [0.29, 0.717) is 5.39 Å². The Kier molecular flexibility index (Phi) is 2.25. The molecule has 6 heteroatoms. The van der Waals surface area contributed by atoms with E-state index in [1.165, 1.54) is 12.1 Å². The fourth-order valence-electron chi connectivity index (χ4n) is 1.20. The Morgan fingerprint density at radius 2 is 2.00 bits per heavy atom. The fraction of sp³-hybridized carbons (Fsp3) is 0. The van der Waals surface area contributed by atoms with Crippen molar-refractivity contribution >= 4 is 39.9 Å². The van der Waals surface area contributed by atoms with Crippen LogP contribution in [0.5, 0.6) is 5.75 Å². The highest BCUT2D eigenvalue weighted by molar-refractivity contribution is 6.40. The molecule has 1 aromatic carbocycles. The van der Waals surface area contributed by atoms with E-state index in [1.54, 1.807) is 0 Å². The van der Waals surface area contributed by atoms with Gasteiger partial charge in [0.15, 0.2) is 11.3 Å². The van der Waals surface area contributed by atoms with E-state index in [-0.39, 0.29) is 27.1 Å². The number of aromatic hydroxyl groups is 1. The van der Waals surface area contributed by atoms with Crippen LogP contribution in [0.25, 0.3) is 11.0 Å². The molecule has 4 nitrogen and oxygen atoms in total. The molecule has 0 aliphatic rings. The maximum Gasteiger partial charge on any atom is 0.359 e. The van der Waals surface area contributed by atoms with E-state index in [0.717, 1.165) is 0 Å². The lowest BCUT2D eigenvalue weighted by molar-refractivity contribution is 0.474. The van der Waals surface area contributed by atoms with Crippen LogP contribution in [-0.2, 0) is 0 Å². The summed E-state index contributed by atoms with van der Waals surface area (Å²) in [6.07, 6.45) is 0. The van der Waals surface area contributed by atoms with Gasteiger partial charge in [-0.15, -0.1) is 0 Å². The van der Waals surface area contributed by atoms with Crippen molar-refractivity contribution in [3.8, 4) is 5.75 Å². The van der Waals surface area contributed by atoms with Gasteiger partial charge in [-0.1, -0.05) is 23.2 Å². The molecule has 0 saturated heterocycles. The molecular formula is C9H5Cl2NO3. The number of hydrogen-bond donors (Lipinski definition) is 2. The van der Waals surface area contributed by atoms with Crippen molar-refractivity contribution in [1.82, 2.24) is 0 Å². The number of hydrogen-bond acceptors (Lipinski definition) is 4. The number of fused-ring (bicyclic) bond motifs is 1. The second-order valence-electron chi connectivity index (χ2n) is 2.93. The highest BCUT2D eigenvalue weighted by Gasteiger charge is 2.13. The zero-order chi connectivity index (χ0) is 11.2. The van der Waals surface area contributed by atoms with Crippen molar-refractivity contribution in [1.29, 1.82) is 0 Å². The third-order valence-corrected chi connectivity index (χ3v) is 2.56. The van der Waals surface area contributed by atoms with Gasteiger partial charge in [0.1, 0.15) is 10.7 Å². The molecule has 78 valence electrons. The summed E-state index contributed by atoms with van der Waals surface area (Å²) in [7, 11) is 0. The highest BCUT2D eigenvalue weighted by Crippen LogP contribution is 2.37. The number of phenols is 1. The zero-order valence-corrected chi connectivity index (χ0v) is 8.76. The highest BCUT2D eigenvalue weighted by atomic mass is 35.5. The molecule has 0 spiro atoms. The number of phenolic OH excluding ortho intramolecular Hbond substituents is 1. The molecule has 2 aromatic rings. The molecule has 0 saturated carbocycles. The van der Waals surface area contributed by atoms with Gasteiger partial charge in [0.2, 0.25) is 0 Å². The van der Waals surface area contributed by atoms with E-state index in [1.807, 2.05) is 0 Å². The lowest BCUT2D eigenvalue weighted by atomic mass is 10.2. The maximum atomic E-state index is 11.1. The van der Waals surface area contributed by atoms with Crippen LogP contribution in [0.1, 0.15) is 0 Å². The van der Waals surface area contributed by atoms with Crippen molar-refractivity contribution in [2.75, 3.05) is 5.73 Å². The molecule has 2 rings (SSSR count). The Morgan fingerprint density at radius 3 is 2.67 bits per heavy atom. The summed E-state index contributed by atoms with van der Waals surface area (Å²) in [4.78, 5) is 11.1. The van der Waals surface area contributed by atoms with Gasteiger partial charge in [0.25, 0.3) is 0 Å². The summed E-state index contributed by atoms with van der Waals surface area (Å²) >= 11 is 11.4. The first-order valence-corrected chi connectivity index (χ1v) is 4.66. The molecular weight excluding hydrogens is 241 g/mol. The number of halogens is 2. The summed E-state index contributed by atoms with van der Waals surface area (Å²) in [6.45, 7) is 0. The lowest BCUT2D eigenvalue weighted by Gasteiger charge is -2.03. The van der Waals surface area contributed by atoms with E-state index in [2.05, 4.69) is 0 Å². The van der Waals surface area contributed by atoms with E-state index < -0.39 is 5.63 Å². The van der Waals surface area contributed by atoms with Crippen molar-refractivity contribution in [3.63, 3.8) is 0 Å². The van der Waals surface area contributed by atoms with Crippen LogP contribution >= 0.6 is 23.2 Å². The minimum Gasteiger partial charge on any atom is -0.505 e. The van der Waals surface area contributed by atoms with Gasteiger partial charge in [-0.2, -0.15) is 0 Å². The topological polar surface area (TPSA) is 76.5 Å². The molecule has 15 heavy (non-hydrogen) atoms. The summed E-state index contributed by atoms with van der Waals surface area (Å²) in [6, 6.07) is 2.80. The monoisotopic (exact) mass is 245 g/mol. The lowest BCUT2D eigenvalue weighted by Crippen LogP contribution is -2.05. The Labute approximate surface area is 93.8 Å². The van der Waals surface area contributed by atoms with Crippen LogP contribution < -0.4 is 11.4 Å². The number of nitrogen functional groups attached to an aromatic ring is 1. The summed E-state index contributed by atoms with van der Waals surface area (Å²) in [5, 5.41) is 9.83. The van der Waals surface area contributed by atoms with Gasteiger partial charge >= 0.3 is 5.63 Å². The second kappa shape index (κ2) is 3.32. The van der Waals surface area contributed by atoms with Crippen molar-refractivity contribution in [2.45, 2.75) is 0 Å². The predicted octanol–water partition coefficient (Wildman–Crippen LogP) is 2.39. The molecule has 0 aliphatic heterocycles. The molecule has 0 amide bonds. The Bertz CT molecular complexity index is 606. The van der Waals surface area contributed by atoms with Crippen molar-refractivity contribution < 1.29 is 9.52 Å². The minimum absolute atomic E-state index is 0.0414. The number of nitrogens with two attached hydrogens (primary N) is 1. The quantitative estimate of drug-likeness (QED) is 0.699. The van der Waals surface area contributed by atoms with E-state index in [9.17, 15) is 9.90 Å². The Morgan fingerprint density at radius 1 is 1.33 bits per heavy atom. The van der Waals surface area contributed by atoms with Crippen LogP contribution in [0.3, 0.4) is 0 Å². The molecule has 0 radical (unpaired) electrons. The normalized spacial score (nSPS) is 10.8. The molecule has 1 aromatic heterocycles. The van der Waals surface area contributed by atoms with Gasteiger partial charge in [-0.3, -0.25) is 0 Å². The van der Waals surface area contributed by atoms with Crippen LogP contribution in [0, 0.1) is 0 Å². The van der Waals surface area contributed by atoms with Crippen molar-refractivity contribution in [3.05, 3.63) is 32.6 Å². The van der Waals surface area contributed by atoms with Crippen molar-refractivity contribution in [2.24, 2.45) is 0 Å². The Hall–Kier alpha value is -1.39. The molecule has 1 heterocycles. The third-order valence-electron chi connectivity index (χ3n) is 1.92. The number of anilines is 1. The minimum atomic E-state index is -0.703. The first kappa shape index (κ1) is 10.1. The predicted molar refractivity (Wildman–Crippen MR) is 58.6 cm³/mol. The van der Waals surface area contributed by atoms with Gasteiger partial charge in [-0.25, -0.2) is 4.79 Å². The second-order valence-corrected chi connectivity index (χ2v) is 3.71. The van der Waals surface area contributed by atoms with Gasteiger partial charge in [0, 0.05) is 5.39 Å². The molecule has 0 unspecified atom stereocenters. The standard InChI is InChI=1S/C9H5Cl2NO3/c10-4-1-3-2-5(12)9(14)15-8(3)6(11)7(4)13/h1-2,13H,12H2. The maximum absolute atomic E-state index is 11.1. The van der Waals surface area contributed by atoms with Crippen LogP contribution in [0.15, 0.2) is 21.3 Å². The van der Waals surface area contributed by atoms with Gasteiger partial charge < -0.3 is 15.3 Å². The third kappa shape index (κ3) is 1.52. The molecule has 0 bridgehead atoms. The molecule has 0 aliphatic carbocycles. The molecule has 0 atom stereocenters. The van der Waals surface area contributed by atoms with Crippen LogP contribution in [0.4, 0.5) is 5.69 Å². The van der Waals surface area contributed by atoms with E-state index in [4.69, 9.17) is 33.4 Å². The zero-order valence-electron chi connectivity index (χ0n) is 7.25. The first-order chi connectivity index (χ1) is 7.00.